The van der Waals surface area contributed by atoms with E-state index in [1.165, 1.54) is 0 Å². The van der Waals surface area contributed by atoms with Gasteiger partial charge in [0.15, 0.2) is 0 Å². The molecule has 0 aliphatic carbocycles. The lowest BCUT2D eigenvalue weighted by atomic mass is 9.72. The maximum Gasteiger partial charge on any atom is 0.251 e. The molecule has 4 atom stereocenters. The molecule has 30 heavy (non-hydrogen) atoms. The molecule has 2 aromatic carbocycles. The maximum absolute atomic E-state index is 12.8. The second-order valence-corrected chi connectivity index (χ2v) is 8.90. The molecule has 5 rings (SSSR count). The molecule has 3 aliphatic heterocycles. The first-order valence-corrected chi connectivity index (χ1v) is 11.2. The van der Waals surface area contributed by atoms with Gasteiger partial charge in [0, 0.05) is 31.1 Å². The van der Waals surface area contributed by atoms with Crippen molar-refractivity contribution in [2.45, 2.75) is 37.8 Å². The Kier molecular flexibility index (Phi) is 5.30. The lowest BCUT2D eigenvalue weighted by molar-refractivity contribution is -0.148. The summed E-state index contributed by atoms with van der Waals surface area (Å²) in [5, 5.41) is 6.68. The summed E-state index contributed by atoms with van der Waals surface area (Å²) < 4.78 is 0. The van der Waals surface area contributed by atoms with Gasteiger partial charge in [0.05, 0.1) is 6.04 Å². The van der Waals surface area contributed by atoms with E-state index in [1.54, 1.807) is 0 Å². The predicted molar refractivity (Wildman–Crippen MR) is 117 cm³/mol. The number of hydrogen-bond acceptors (Lipinski definition) is 3. The molecule has 5 heteroatoms. The third kappa shape index (κ3) is 3.63. The SMILES string of the molecule is O=C(NC[C@H]1[C@@H]2CNC[C@@H](C2)[C@@H]2CCCC(=O)N21)c1ccc(-c2ccccc2)cc1. The van der Waals surface area contributed by atoms with Crippen molar-refractivity contribution in [2.24, 2.45) is 11.8 Å². The molecule has 0 spiro atoms. The Morgan fingerprint density at radius 1 is 1.00 bits per heavy atom. The van der Waals surface area contributed by atoms with Gasteiger partial charge in [-0.15, -0.1) is 0 Å². The van der Waals surface area contributed by atoms with Crippen molar-refractivity contribution in [3.05, 3.63) is 60.2 Å². The first-order valence-electron chi connectivity index (χ1n) is 11.2. The zero-order valence-corrected chi connectivity index (χ0v) is 17.2. The molecule has 3 heterocycles. The molecule has 2 amide bonds. The smallest absolute Gasteiger partial charge is 0.251 e. The molecule has 3 aliphatic rings. The second kappa shape index (κ2) is 8.23. The van der Waals surface area contributed by atoms with Crippen LogP contribution >= 0.6 is 0 Å². The van der Waals surface area contributed by atoms with Gasteiger partial charge in [-0.05, 0) is 60.9 Å². The van der Waals surface area contributed by atoms with Crippen molar-refractivity contribution in [3.63, 3.8) is 0 Å². The minimum Gasteiger partial charge on any atom is -0.350 e. The molecule has 2 N–H and O–H groups in total. The monoisotopic (exact) mass is 403 g/mol. The zero-order chi connectivity index (χ0) is 20.5. The van der Waals surface area contributed by atoms with Gasteiger partial charge in [0.25, 0.3) is 5.91 Å². The van der Waals surface area contributed by atoms with E-state index >= 15 is 0 Å². The van der Waals surface area contributed by atoms with Gasteiger partial charge in [0.2, 0.25) is 5.91 Å². The fourth-order valence-electron chi connectivity index (χ4n) is 5.64. The normalized spacial score (nSPS) is 28.0. The highest BCUT2D eigenvalue weighted by atomic mass is 16.2. The zero-order valence-electron chi connectivity index (χ0n) is 17.2. The van der Waals surface area contributed by atoms with Crippen molar-refractivity contribution < 1.29 is 9.59 Å². The lowest BCUT2D eigenvalue weighted by Crippen LogP contribution is -2.66. The van der Waals surface area contributed by atoms with Crippen LogP contribution in [0, 0.1) is 11.8 Å². The summed E-state index contributed by atoms with van der Waals surface area (Å²) >= 11 is 0. The molecular weight excluding hydrogens is 374 g/mol. The summed E-state index contributed by atoms with van der Waals surface area (Å²) in [6, 6.07) is 18.3. The van der Waals surface area contributed by atoms with Crippen LogP contribution in [0.3, 0.4) is 0 Å². The molecule has 0 radical (unpaired) electrons. The molecule has 0 saturated carbocycles. The van der Waals surface area contributed by atoms with Gasteiger partial charge in [-0.25, -0.2) is 0 Å². The van der Waals surface area contributed by atoms with E-state index in [2.05, 4.69) is 27.7 Å². The van der Waals surface area contributed by atoms with Crippen LogP contribution in [0.5, 0.6) is 0 Å². The van der Waals surface area contributed by atoms with E-state index in [0.29, 0.717) is 36.4 Å². The highest BCUT2D eigenvalue weighted by Crippen LogP contribution is 2.39. The first kappa shape index (κ1) is 19.3. The van der Waals surface area contributed by atoms with Gasteiger partial charge in [0.1, 0.15) is 0 Å². The minimum atomic E-state index is -0.0680. The number of nitrogens with zero attached hydrogens (tertiary/aromatic N) is 1. The van der Waals surface area contributed by atoms with E-state index in [4.69, 9.17) is 0 Å². The quantitative estimate of drug-likeness (QED) is 0.825. The van der Waals surface area contributed by atoms with Crippen LogP contribution in [-0.4, -0.2) is 48.4 Å². The summed E-state index contributed by atoms with van der Waals surface area (Å²) in [4.78, 5) is 27.7. The topological polar surface area (TPSA) is 61.4 Å². The van der Waals surface area contributed by atoms with E-state index in [-0.39, 0.29) is 17.9 Å². The van der Waals surface area contributed by atoms with Gasteiger partial charge in [-0.1, -0.05) is 42.5 Å². The van der Waals surface area contributed by atoms with Gasteiger partial charge < -0.3 is 15.5 Å². The molecule has 0 unspecified atom stereocenters. The van der Waals surface area contributed by atoms with E-state index < -0.39 is 0 Å². The van der Waals surface area contributed by atoms with Crippen molar-refractivity contribution in [2.75, 3.05) is 19.6 Å². The predicted octanol–water partition coefficient (Wildman–Crippen LogP) is 3.07. The average molecular weight is 404 g/mol. The van der Waals surface area contributed by atoms with Gasteiger partial charge in [-0.3, -0.25) is 9.59 Å². The van der Waals surface area contributed by atoms with Crippen LogP contribution in [0.2, 0.25) is 0 Å². The number of carbonyl (C=O) groups excluding carboxylic acids is 2. The van der Waals surface area contributed by atoms with Crippen molar-refractivity contribution in [3.8, 4) is 11.1 Å². The van der Waals surface area contributed by atoms with Crippen LogP contribution in [0.1, 0.15) is 36.0 Å². The molecule has 0 aromatic heterocycles. The molecule has 3 fully saturated rings. The lowest BCUT2D eigenvalue weighted by Gasteiger charge is -2.54. The molecule has 2 aromatic rings. The number of hydrogen-bond donors (Lipinski definition) is 2. The Hall–Kier alpha value is -2.66. The first-order chi connectivity index (χ1) is 14.7. The fourth-order valence-corrected chi connectivity index (χ4v) is 5.64. The third-order valence-corrected chi connectivity index (χ3v) is 7.13. The summed E-state index contributed by atoms with van der Waals surface area (Å²) in [6.45, 7) is 2.47. The standard InChI is InChI=1S/C25H29N3O2/c29-24-8-4-7-22-20-13-21(15-26-14-20)23(28(22)24)16-27-25(30)19-11-9-18(10-12-19)17-5-2-1-3-6-17/h1-3,5-6,9-12,20-23,26H,4,7-8,13-16H2,(H,27,30)/t20-,21+,22+,23+/m1/s1. The Labute approximate surface area is 177 Å². The van der Waals surface area contributed by atoms with Crippen LogP contribution in [0.15, 0.2) is 54.6 Å². The molecule has 3 saturated heterocycles. The Morgan fingerprint density at radius 3 is 2.53 bits per heavy atom. The van der Waals surface area contributed by atoms with Crippen LogP contribution in [0.25, 0.3) is 11.1 Å². The number of amides is 2. The summed E-state index contributed by atoms with van der Waals surface area (Å²) in [5.41, 5.74) is 2.90. The average Bonchev–Trinajstić information content (AvgIpc) is 2.80. The van der Waals surface area contributed by atoms with Crippen LogP contribution < -0.4 is 10.6 Å². The highest BCUT2D eigenvalue weighted by Gasteiger charge is 2.47. The van der Waals surface area contributed by atoms with Crippen LogP contribution in [-0.2, 0) is 4.79 Å². The van der Waals surface area contributed by atoms with Gasteiger partial charge >= 0.3 is 0 Å². The van der Waals surface area contributed by atoms with E-state index in [0.717, 1.165) is 43.5 Å². The van der Waals surface area contributed by atoms with Crippen molar-refractivity contribution >= 4 is 11.8 Å². The van der Waals surface area contributed by atoms with E-state index in [9.17, 15) is 9.59 Å². The number of carbonyl (C=O) groups is 2. The summed E-state index contributed by atoms with van der Waals surface area (Å²) in [6.07, 6.45) is 3.90. The Morgan fingerprint density at radius 2 is 1.73 bits per heavy atom. The number of rotatable bonds is 4. The Balaban J connectivity index is 1.27. The maximum atomic E-state index is 12.8. The molecule has 156 valence electrons. The largest absolute Gasteiger partial charge is 0.350 e. The molecular formula is C25H29N3O2. The van der Waals surface area contributed by atoms with Gasteiger partial charge in [-0.2, -0.15) is 0 Å². The number of fused-ring (bicyclic) bond motifs is 4. The van der Waals surface area contributed by atoms with Crippen molar-refractivity contribution in [1.82, 2.24) is 15.5 Å². The van der Waals surface area contributed by atoms with Crippen molar-refractivity contribution in [1.29, 1.82) is 0 Å². The number of piperidine rings is 3. The highest BCUT2D eigenvalue weighted by molar-refractivity contribution is 5.94. The minimum absolute atomic E-state index is 0.0680. The fraction of sp³-hybridized carbons (Fsp3) is 0.440. The third-order valence-electron chi connectivity index (χ3n) is 7.13. The molecule has 5 nitrogen and oxygen atoms in total. The Bertz CT molecular complexity index is 912. The summed E-state index contributed by atoms with van der Waals surface area (Å²) in [5.74, 6) is 1.18. The molecule has 2 bridgehead atoms. The summed E-state index contributed by atoms with van der Waals surface area (Å²) in [7, 11) is 0. The van der Waals surface area contributed by atoms with E-state index in [1.807, 2.05) is 42.5 Å². The number of nitrogens with one attached hydrogen (secondary N) is 2. The van der Waals surface area contributed by atoms with Crippen LogP contribution in [0.4, 0.5) is 0 Å². The second-order valence-electron chi connectivity index (χ2n) is 8.90. The number of benzene rings is 2.